The Morgan fingerprint density at radius 1 is 1.15 bits per heavy atom. The van der Waals surface area contributed by atoms with E-state index in [2.05, 4.69) is 15.0 Å². The van der Waals surface area contributed by atoms with Gasteiger partial charge in [-0.1, -0.05) is 6.92 Å². The fourth-order valence-electron chi connectivity index (χ4n) is 2.49. The summed E-state index contributed by atoms with van der Waals surface area (Å²) in [5.41, 5.74) is -3.16. The van der Waals surface area contributed by atoms with E-state index in [1.165, 1.54) is 12.3 Å². The second-order valence-corrected chi connectivity index (χ2v) is 7.33. The van der Waals surface area contributed by atoms with Crippen LogP contribution in [0.2, 0.25) is 0 Å². The van der Waals surface area contributed by atoms with Gasteiger partial charge >= 0.3 is 12.1 Å². The van der Waals surface area contributed by atoms with E-state index in [9.17, 15) is 26.2 Å². The van der Waals surface area contributed by atoms with E-state index in [0.717, 1.165) is 0 Å². The van der Waals surface area contributed by atoms with Gasteiger partial charge in [0.1, 0.15) is 17.1 Å². The molecule has 0 spiro atoms. The summed E-state index contributed by atoms with van der Waals surface area (Å²) in [6, 6.07) is 1.98. The molecule has 0 saturated carbocycles. The number of pyridine rings is 2. The third-order valence-electron chi connectivity index (χ3n) is 3.74. The Morgan fingerprint density at radius 3 is 2.46 bits per heavy atom. The van der Waals surface area contributed by atoms with Gasteiger partial charge in [0, 0.05) is 18.1 Å². The molecule has 0 aromatic carbocycles. The van der Waals surface area contributed by atoms with Crippen molar-refractivity contribution < 1.29 is 26.2 Å². The molecule has 10 heteroatoms. The third-order valence-corrected chi connectivity index (χ3v) is 5.07. The van der Waals surface area contributed by atoms with Crippen LogP contribution in [0.5, 0.6) is 0 Å². The molecule has 1 aliphatic heterocycles. The first-order valence-electron chi connectivity index (χ1n) is 7.45. The van der Waals surface area contributed by atoms with Crippen molar-refractivity contribution in [1.82, 2.24) is 9.97 Å². The van der Waals surface area contributed by atoms with Gasteiger partial charge < -0.3 is 0 Å². The van der Waals surface area contributed by atoms with E-state index in [4.69, 9.17) is 0 Å². The van der Waals surface area contributed by atoms with Crippen molar-refractivity contribution in [2.75, 3.05) is 5.75 Å². The van der Waals surface area contributed by atoms with Gasteiger partial charge in [-0.05, 0) is 24.6 Å². The number of rotatable bonds is 3. The standard InChI is InChI=1S/C16H12F5N3OS/c1-3-26(25)11-4-8(2)6-22-12(11)14-15(17,18)13-10(24-14)5-9(7-23-13)16(19,20)21/h4-7H,3H2,1-2H3. The molecule has 138 valence electrons. The largest absolute Gasteiger partial charge is 0.417 e. The summed E-state index contributed by atoms with van der Waals surface area (Å²) in [6.45, 7) is 3.27. The summed E-state index contributed by atoms with van der Waals surface area (Å²) in [5.74, 6) is -3.57. The van der Waals surface area contributed by atoms with Crippen LogP contribution in [0.25, 0.3) is 0 Å². The van der Waals surface area contributed by atoms with Crippen LogP contribution in [0.15, 0.2) is 34.4 Å². The molecule has 2 aromatic rings. The zero-order valence-electron chi connectivity index (χ0n) is 13.6. The maximum absolute atomic E-state index is 14.8. The number of aliphatic imine (C=N–C) groups is 1. The lowest BCUT2D eigenvalue weighted by Crippen LogP contribution is -2.26. The van der Waals surface area contributed by atoms with Gasteiger partial charge in [-0.25, -0.2) is 4.99 Å². The van der Waals surface area contributed by atoms with Crippen molar-refractivity contribution in [2.24, 2.45) is 4.99 Å². The molecule has 26 heavy (non-hydrogen) atoms. The Hall–Kier alpha value is -2.23. The Morgan fingerprint density at radius 2 is 1.85 bits per heavy atom. The molecule has 0 radical (unpaired) electrons. The van der Waals surface area contributed by atoms with Crippen LogP contribution in [0.3, 0.4) is 0 Å². The summed E-state index contributed by atoms with van der Waals surface area (Å²) in [6.07, 6.45) is -3.08. The topological polar surface area (TPSA) is 55.2 Å². The Labute approximate surface area is 147 Å². The summed E-state index contributed by atoms with van der Waals surface area (Å²) >= 11 is 0. The number of aryl methyl sites for hydroxylation is 1. The molecular weight excluding hydrogens is 377 g/mol. The molecule has 1 aliphatic rings. The first-order valence-corrected chi connectivity index (χ1v) is 8.77. The molecular formula is C16H12F5N3OS. The van der Waals surface area contributed by atoms with E-state index >= 15 is 0 Å². The number of alkyl halides is 5. The predicted octanol–water partition coefficient (Wildman–Crippen LogP) is 4.16. The minimum absolute atomic E-state index is 0.0646. The van der Waals surface area contributed by atoms with E-state index in [0.29, 0.717) is 17.8 Å². The molecule has 0 saturated heterocycles. The molecule has 0 bridgehead atoms. The predicted molar refractivity (Wildman–Crippen MR) is 85.3 cm³/mol. The Balaban J connectivity index is 2.19. The molecule has 0 N–H and O–H groups in total. The van der Waals surface area contributed by atoms with Crippen molar-refractivity contribution in [1.29, 1.82) is 0 Å². The fraction of sp³-hybridized carbons (Fsp3) is 0.312. The van der Waals surface area contributed by atoms with E-state index in [1.54, 1.807) is 13.8 Å². The highest BCUT2D eigenvalue weighted by molar-refractivity contribution is 7.85. The highest BCUT2D eigenvalue weighted by Crippen LogP contribution is 2.45. The maximum Gasteiger partial charge on any atom is 0.417 e. The van der Waals surface area contributed by atoms with Gasteiger partial charge in [-0.3, -0.25) is 14.2 Å². The molecule has 3 heterocycles. The second kappa shape index (κ2) is 6.19. The molecule has 3 rings (SSSR count). The molecule has 0 fully saturated rings. The normalized spacial score (nSPS) is 17.0. The van der Waals surface area contributed by atoms with Crippen LogP contribution < -0.4 is 0 Å². The monoisotopic (exact) mass is 389 g/mol. The maximum atomic E-state index is 14.8. The van der Waals surface area contributed by atoms with Crippen molar-refractivity contribution >= 4 is 22.2 Å². The molecule has 0 aliphatic carbocycles. The number of halogens is 5. The third kappa shape index (κ3) is 3.02. The van der Waals surface area contributed by atoms with Gasteiger partial charge in [-0.15, -0.1) is 0 Å². The number of nitrogens with zero attached hydrogens (tertiary/aromatic N) is 3. The van der Waals surface area contributed by atoms with Crippen LogP contribution in [-0.2, 0) is 22.9 Å². The summed E-state index contributed by atoms with van der Waals surface area (Å²) in [5, 5.41) is 0. The first kappa shape index (κ1) is 18.6. The fourth-order valence-corrected chi connectivity index (χ4v) is 3.48. The van der Waals surface area contributed by atoms with Crippen molar-refractivity contribution in [3.05, 3.63) is 47.0 Å². The number of aromatic nitrogens is 2. The summed E-state index contributed by atoms with van der Waals surface area (Å²) < 4.78 is 80.1. The average molecular weight is 389 g/mol. The number of hydrogen-bond acceptors (Lipinski definition) is 4. The lowest BCUT2D eigenvalue weighted by molar-refractivity contribution is -0.137. The molecule has 1 atom stereocenters. The van der Waals surface area contributed by atoms with Gasteiger partial charge in [-0.2, -0.15) is 22.0 Å². The van der Waals surface area contributed by atoms with E-state index in [-0.39, 0.29) is 16.3 Å². The lowest BCUT2D eigenvalue weighted by atomic mass is 10.1. The Bertz CT molecular complexity index is 940. The first-order chi connectivity index (χ1) is 12.1. The minimum Gasteiger partial charge on any atom is -0.254 e. The van der Waals surface area contributed by atoms with Crippen LogP contribution in [0, 0.1) is 6.92 Å². The molecule has 1 unspecified atom stereocenters. The zero-order valence-corrected chi connectivity index (χ0v) is 14.4. The van der Waals surface area contributed by atoms with Crippen LogP contribution in [-0.4, -0.2) is 25.6 Å². The van der Waals surface area contributed by atoms with Gasteiger partial charge in [0.05, 0.1) is 26.9 Å². The zero-order chi connectivity index (χ0) is 19.3. The minimum atomic E-state index is -4.73. The van der Waals surface area contributed by atoms with Crippen molar-refractivity contribution in [3.8, 4) is 0 Å². The SMILES string of the molecule is CCS(=O)c1cc(C)cnc1C1=Nc2cc(C(F)(F)F)cnc2C1(F)F. The van der Waals surface area contributed by atoms with Gasteiger partial charge in [0.15, 0.2) is 0 Å². The second-order valence-electron chi connectivity index (χ2n) is 5.62. The van der Waals surface area contributed by atoms with Crippen LogP contribution in [0.4, 0.5) is 27.6 Å². The quantitative estimate of drug-likeness (QED) is 0.741. The lowest BCUT2D eigenvalue weighted by Gasteiger charge is -2.15. The van der Waals surface area contributed by atoms with Crippen LogP contribution in [0.1, 0.15) is 29.4 Å². The van der Waals surface area contributed by atoms with E-state index in [1.807, 2.05) is 0 Å². The number of fused-ring (bicyclic) bond motifs is 1. The average Bonchev–Trinajstić information content (AvgIpc) is 2.84. The highest BCUT2D eigenvalue weighted by atomic mass is 32.2. The molecule has 0 amide bonds. The van der Waals surface area contributed by atoms with Gasteiger partial charge in [0.25, 0.3) is 0 Å². The van der Waals surface area contributed by atoms with Gasteiger partial charge in [0.2, 0.25) is 0 Å². The Kier molecular flexibility index (Phi) is 4.41. The van der Waals surface area contributed by atoms with E-state index < -0.39 is 45.6 Å². The summed E-state index contributed by atoms with van der Waals surface area (Å²) in [4.78, 5) is 10.9. The smallest absolute Gasteiger partial charge is 0.254 e. The molecule has 4 nitrogen and oxygen atoms in total. The number of hydrogen-bond donors (Lipinski definition) is 0. The summed E-state index contributed by atoms with van der Waals surface area (Å²) in [7, 11) is -1.60. The molecule has 2 aromatic heterocycles. The van der Waals surface area contributed by atoms with Crippen molar-refractivity contribution in [2.45, 2.75) is 30.8 Å². The van der Waals surface area contributed by atoms with Crippen molar-refractivity contribution in [3.63, 3.8) is 0 Å². The highest BCUT2D eigenvalue weighted by Gasteiger charge is 2.49. The van der Waals surface area contributed by atoms with Crippen LogP contribution >= 0.6 is 0 Å².